The van der Waals surface area contributed by atoms with Crippen LogP contribution in [0.2, 0.25) is 19.6 Å². The Morgan fingerprint density at radius 2 is 1.53 bits per heavy atom. The second-order valence-electron chi connectivity index (χ2n) is 12.0. The minimum absolute atomic E-state index is 0. The Morgan fingerprint density at radius 3 is 2.24 bits per heavy atom. The van der Waals surface area contributed by atoms with Gasteiger partial charge < -0.3 is 14.4 Å². The average molecular weight is 785 g/mol. The third-order valence-corrected chi connectivity index (χ3v) is 9.75. The minimum Gasteiger partial charge on any atom is -0.500 e. The van der Waals surface area contributed by atoms with E-state index in [1.165, 1.54) is 34.0 Å². The molecule has 0 aliphatic heterocycles. The third kappa shape index (κ3) is 7.37. The maximum absolute atomic E-state index is 13.5. The van der Waals surface area contributed by atoms with Gasteiger partial charge in [-0.05, 0) is 58.7 Å². The van der Waals surface area contributed by atoms with Crippen molar-refractivity contribution in [3.8, 4) is 22.5 Å². The number of furan rings is 1. The van der Waals surface area contributed by atoms with Crippen molar-refractivity contribution in [2.24, 2.45) is 0 Å². The zero-order chi connectivity index (χ0) is 30.7. The van der Waals surface area contributed by atoms with Gasteiger partial charge in [0.1, 0.15) is 11.4 Å². The Hall–Kier alpha value is -4.22. The van der Waals surface area contributed by atoms with Crippen LogP contribution < -0.4 is 5.19 Å². The summed E-state index contributed by atoms with van der Waals surface area (Å²) < 4.78 is 19.4. The van der Waals surface area contributed by atoms with Crippen LogP contribution in [-0.4, -0.2) is 18.0 Å². The van der Waals surface area contributed by atoms with Crippen LogP contribution in [0.4, 0.5) is 4.39 Å². The van der Waals surface area contributed by atoms with Crippen LogP contribution in [0.3, 0.4) is 0 Å². The van der Waals surface area contributed by atoms with Crippen molar-refractivity contribution in [1.29, 1.82) is 0 Å². The normalized spacial score (nSPS) is 11.1. The van der Waals surface area contributed by atoms with Crippen LogP contribution in [0.15, 0.2) is 120 Å². The Bertz CT molecular complexity index is 2040. The van der Waals surface area contributed by atoms with Gasteiger partial charge >= 0.3 is 0 Å². The molecule has 3 heterocycles. The molecule has 7 rings (SSSR count). The van der Waals surface area contributed by atoms with Gasteiger partial charge in [-0.2, -0.15) is 0 Å². The van der Waals surface area contributed by atoms with Crippen LogP contribution in [-0.2, 0) is 26.5 Å². The van der Waals surface area contributed by atoms with Gasteiger partial charge in [0.15, 0.2) is 0 Å². The number of aromatic nitrogens is 2. The number of benzene rings is 4. The van der Waals surface area contributed by atoms with E-state index in [2.05, 4.69) is 85.1 Å². The quantitative estimate of drug-likeness (QED) is 0.129. The Labute approximate surface area is 278 Å². The number of pyridine rings is 2. The van der Waals surface area contributed by atoms with E-state index in [9.17, 15) is 4.39 Å². The molecule has 0 bridgehead atoms. The first-order chi connectivity index (χ1) is 21.3. The fourth-order valence-electron chi connectivity index (χ4n) is 5.16. The molecule has 3 aromatic heterocycles. The second kappa shape index (κ2) is 13.8. The summed E-state index contributed by atoms with van der Waals surface area (Å²) in [6, 6.07) is 39.7. The topological polar surface area (TPSA) is 38.9 Å². The molecule has 1 radical (unpaired) electrons. The molecular weight excluding hydrogens is 752 g/mol. The standard InChI is InChI=1S/C20H17FNOSi.C19H16N.Ir/c1-24(2,3)14-8-10-18(22-12-14)17-6-4-5-16-15-9-7-13(21)11-19(15)23-20(16)17;1-15-14-20-19(17-10-6-3-7-11-17)13-18(15)12-16-8-4-2-5-9-16;/h4-5,7-12H,1-3H3;2-10,13-14H,12H2,1H3;/q2*-1;. The average Bonchev–Trinajstić information content (AvgIpc) is 3.41. The molecule has 0 aliphatic rings. The molecule has 0 atom stereocenters. The van der Waals surface area contributed by atoms with E-state index in [0.29, 0.717) is 11.2 Å². The van der Waals surface area contributed by atoms with Crippen molar-refractivity contribution in [3.63, 3.8) is 0 Å². The van der Waals surface area contributed by atoms with Crippen LogP contribution in [0.5, 0.6) is 0 Å². The molecule has 0 saturated carbocycles. The van der Waals surface area contributed by atoms with Gasteiger partial charge in [0.05, 0.1) is 13.7 Å². The first-order valence-corrected chi connectivity index (χ1v) is 18.2. The smallest absolute Gasteiger partial charge is 0.126 e. The van der Waals surface area contributed by atoms with E-state index < -0.39 is 8.07 Å². The number of nitrogens with zero attached hydrogens (tertiary/aromatic N) is 2. The molecule has 3 nitrogen and oxygen atoms in total. The fourth-order valence-corrected chi connectivity index (χ4v) is 6.20. The van der Waals surface area contributed by atoms with Crippen molar-refractivity contribution < 1.29 is 28.9 Å². The van der Waals surface area contributed by atoms with Crippen LogP contribution in [0.25, 0.3) is 44.5 Å². The predicted octanol–water partition coefficient (Wildman–Crippen LogP) is 9.58. The summed E-state index contributed by atoms with van der Waals surface area (Å²) in [6.45, 7) is 9.00. The maximum Gasteiger partial charge on any atom is 0.126 e. The molecule has 0 amide bonds. The van der Waals surface area contributed by atoms with E-state index >= 15 is 0 Å². The molecule has 227 valence electrons. The summed E-state index contributed by atoms with van der Waals surface area (Å²) in [4.78, 5) is 9.14. The summed E-state index contributed by atoms with van der Waals surface area (Å²) >= 11 is 0. The van der Waals surface area contributed by atoms with Gasteiger partial charge in [0, 0.05) is 44.0 Å². The molecule has 4 aromatic carbocycles. The number of hydrogen-bond acceptors (Lipinski definition) is 3. The zero-order valence-corrected chi connectivity index (χ0v) is 29.1. The maximum atomic E-state index is 13.5. The third-order valence-electron chi connectivity index (χ3n) is 7.72. The number of hydrogen-bond donors (Lipinski definition) is 0. The largest absolute Gasteiger partial charge is 0.500 e. The molecule has 0 N–H and O–H groups in total. The predicted molar refractivity (Wildman–Crippen MR) is 181 cm³/mol. The van der Waals surface area contributed by atoms with Crippen molar-refractivity contribution in [2.75, 3.05) is 0 Å². The van der Waals surface area contributed by atoms with E-state index in [1.807, 2.05) is 60.9 Å². The molecule has 45 heavy (non-hydrogen) atoms. The Morgan fingerprint density at radius 1 is 0.756 bits per heavy atom. The summed E-state index contributed by atoms with van der Waals surface area (Å²) in [6.07, 6.45) is 4.85. The van der Waals surface area contributed by atoms with Crippen LogP contribution >= 0.6 is 0 Å². The van der Waals surface area contributed by atoms with Crippen LogP contribution in [0, 0.1) is 24.9 Å². The van der Waals surface area contributed by atoms with Gasteiger partial charge in [-0.15, -0.1) is 54.1 Å². The summed E-state index contributed by atoms with van der Waals surface area (Å²) in [5.41, 5.74) is 8.78. The summed E-state index contributed by atoms with van der Waals surface area (Å²) in [7, 11) is -1.38. The first-order valence-electron chi connectivity index (χ1n) is 14.7. The Balaban J connectivity index is 0.000000177. The molecule has 7 aromatic rings. The second-order valence-corrected chi connectivity index (χ2v) is 17.0. The molecule has 0 unspecified atom stereocenters. The van der Waals surface area contributed by atoms with Gasteiger partial charge in [-0.1, -0.05) is 79.1 Å². The van der Waals surface area contributed by atoms with E-state index in [4.69, 9.17) is 4.42 Å². The van der Waals surface area contributed by atoms with Gasteiger partial charge in [-0.3, -0.25) is 0 Å². The summed E-state index contributed by atoms with van der Waals surface area (Å²) in [5.74, 6) is -0.301. The number of halogens is 1. The van der Waals surface area contributed by atoms with E-state index in [-0.39, 0.29) is 25.9 Å². The van der Waals surface area contributed by atoms with Crippen molar-refractivity contribution in [2.45, 2.75) is 33.0 Å². The van der Waals surface area contributed by atoms with Gasteiger partial charge in [-0.25, -0.2) is 4.39 Å². The minimum atomic E-state index is -1.38. The number of rotatable bonds is 5. The zero-order valence-electron chi connectivity index (χ0n) is 25.7. The first kappa shape index (κ1) is 32.2. The molecule has 6 heteroatoms. The number of fused-ring (bicyclic) bond motifs is 3. The summed E-state index contributed by atoms with van der Waals surface area (Å²) in [5, 5.41) is 3.17. The number of aryl methyl sites for hydroxylation is 1. The fraction of sp³-hybridized carbons (Fsp3) is 0.128. The van der Waals surface area contributed by atoms with Crippen molar-refractivity contribution >= 4 is 35.2 Å². The monoisotopic (exact) mass is 785 g/mol. The molecule has 0 saturated heterocycles. The van der Waals surface area contributed by atoms with Gasteiger partial charge in [0.25, 0.3) is 0 Å². The molecular formula is C39H33FIrN2OSi-2. The molecule has 0 fully saturated rings. The SMILES string of the molecule is C[Si](C)(C)c1ccc(-c2[c-]ccc3c2oc2cc(F)ccc23)nc1.Cc1cnc(-c2[c-]cccc2)cc1Cc1ccccc1.[Ir]. The molecule has 0 spiro atoms. The molecule has 0 aliphatic carbocycles. The van der Waals surface area contributed by atoms with E-state index in [1.54, 1.807) is 6.07 Å². The van der Waals surface area contributed by atoms with E-state index in [0.717, 1.165) is 39.7 Å². The van der Waals surface area contributed by atoms with Crippen molar-refractivity contribution in [3.05, 3.63) is 150 Å². The van der Waals surface area contributed by atoms with Crippen LogP contribution in [0.1, 0.15) is 16.7 Å². The Kier molecular flexibility index (Phi) is 9.88. The van der Waals surface area contributed by atoms with Gasteiger partial charge in [0.2, 0.25) is 0 Å². The van der Waals surface area contributed by atoms with Crippen molar-refractivity contribution in [1.82, 2.24) is 9.97 Å².